The van der Waals surface area contributed by atoms with Crippen LogP contribution in [0.1, 0.15) is 44.6 Å². The van der Waals surface area contributed by atoms with Crippen LogP contribution in [0.2, 0.25) is 0 Å². The first-order valence-electron chi connectivity index (χ1n) is 8.42. The number of aliphatic imine (C=N–C) groups is 1. The van der Waals surface area contributed by atoms with Gasteiger partial charge in [0.25, 0.3) is 0 Å². The number of hydrogen-bond acceptors (Lipinski definition) is 3. The largest absolute Gasteiger partial charge is 0.369 e. The van der Waals surface area contributed by atoms with Gasteiger partial charge in [-0.1, -0.05) is 0 Å². The lowest BCUT2D eigenvalue weighted by atomic mass is 9.93. The Labute approximate surface area is 168 Å². The van der Waals surface area contributed by atoms with Gasteiger partial charge >= 0.3 is 0 Å². The fourth-order valence-electron chi connectivity index (χ4n) is 2.38. The molecule has 1 aromatic rings. The van der Waals surface area contributed by atoms with E-state index in [1.54, 1.807) is 13.8 Å². The van der Waals surface area contributed by atoms with Crippen LogP contribution in [-0.2, 0) is 18.3 Å². The average molecular weight is 464 g/mol. The molecule has 0 bridgehead atoms. The number of nitrogens with one attached hydrogen (secondary N) is 2. The molecule has 1 unspecified atom stereocenters. The maximum atomic E-state index is 11.4. The minimum Gasteiger partial charge on any atom is -0.369 e. The van der Waals surface area contributed by atoms with Crippen LogP contribution in [0.15, 0.2) is 4.99 Å². The minimum absolute atomic E-state index is 0. The molecule has 0 aromatic carbocycles. The predicted octanol–water partition coefficient (Wildman–Crippen LogP) is 1.65. The molecule has 0 spiro atoms. The Morgan fingerprint density at radius 3 is 2.44 bits per heavy atom. The van der Waals surface area contributed by atoms with E-state index in [0.717, 1.165) is 18.7 Å². The summed E-state index contributed by atoms with van der Waals surface area (Å²) in [6.45, 7) is 12.9. The first kappa shape index (κ1) is 23.7. The van der Waals surface area contributed by atoms with Gasteiger partial charge in [-0.25, -0.2) is 0 Å². The normalized spacial score (nSPS) is 13.2. The summed E-state index contributed by atoms with van der Waals surface area (Å²) in [5, 5.41) is 11.1. The second-order valence-corrected chi connectivity index (χ2v) is 6.97. The monoisotopic (exact) mass is 464 g/mol. The molecule has 0 aliphatic heterocycles. The lowest BCUT2D eigenvalue weighted by Gasteiger charge is -2.21. The van der Waals surface area contributed by atoms with Crippen molar-refractivity contribution >= 4 is 35.8 Å². The number of aryl methyl sites for hydroxylation is 2. The van der Waals surface area contributed by atoms with E-state index in [1.807, 2.05) is 25.6 Å². The molecule has 1 aromatic heterocycles. The zero-order chi connectivity index (χ0) is 18.5. The van der Waals surface area contributed by atoms with Crippen LogP contribution in [0.25, 0.3) is 0 Å². The number of amides is 1. The predicted molar refractivity (Wildman–Crippen MR) is 113 cm³/mol. The maximum Gasteiger partial charge on any atom is 0.224 e. The van der Waals surface area contributed by atoms with Gasteiger partial charge in [0.05, 0.1) is 17.7 Å². The van der Waals surface area contributed by atoms with Gasteiger partial charge in [0.1, 0.15) is 0 Å². The summed E-state index contributed by atoms with van der Waals surface area (Å²) in [6.07, 6.45) is 0.856. The number of carbonyl (C=O) groups is 1. The first-order chi connectivity index (χ1) is 11.1. The zero-order valence-corrected chi connectivity index (χ0v) is 18.8. The highest BCUT2D eigenvalue weighted by atomic mass is 127. The summed E-state index contributed by atoms with van der Waals surface area (Å²) in [5.41, 5.74) is 8.24. The molecule has 0 aliphatic rings. The highest BCUT2D eigenvalue weighted by Gasteiger charge is 2.24. The number of rotatable bonds is 7. The van der Waals surface area contributed by atoms with E-state index in [0.29, 0.717) is 12.5 Å². The van der Waals surface area contributed by atoms with Gasteiger partial charge < -0.3 is 16.4 Å². The van der Waals surface area contributed by atoms with Crippen LogP contribution < -0.4 is 16.4 Å². The van der Waals surface area contributed by atoms with Crippen molar-refractivity contribution in [2.45, 2.75) is 54.0 Å². The number of guanidine groups is 1. The molecule has 1 rings (SSSR count). The smallest absolute Gasteiger partial charge is 0.224 e. The van der Waals surface area contributed by atoms with Crippen LogP contribution in [-0.4, -0.2) is 40.8 Å². The van der Waals surface area contributed by atoms with Crippen molar-refractivity contribution in [3.05, 3.63) is 17.0 Å². The van der Waals surface area contributed by atoms with Gasteiger partial charge in [0.2, 0.25) is 5.91 Å². The van der Waals surface area contributed by atoms with E-state index < -0.39 is 5.41 Å². The van der Waals surface area contributed by atoms with E-state index in [1.165, 1.54) is 11.3 Å². The van der Waals surface area contributed by atoms with Crippen LogP contribution in [0.4, 0.5) is 0 Å². The van der Waals surface area contributed by atoms with Crippen LogP contribution in [0, 0.1) is 19.3 Å². The Morgan fingerprint density at radius 2 is 2.00 bits per heavy atom. The van der Waals surface area contributed by atoms with Gasteiger partial charge in [0.15, 0.2) is 5.96 Å². The maximum absolute atomic E-state index is 11.4. The van der Waals surface area contributed by atoms with Crippen molar-refractivity contribution in [3.63, 3.8) is 0 Å². The van der Waals surface area contributed by atoms with Crippen molar-refractivity contribution in [3.8, 4) is 0 Å². The highest BCUT2D eigenvalue weighted by Crippen LogP contribution is 2.15. The van der Waals surface area contributed by atoms with Gasteiger partial charge in [0, 0.05) is 25.3 Å². The van der Waals surface area contributed by atoms with Crippen molar-refractivity contribution in [1.29, 1.82) is 0 Å². The third-order valence-corrected chi connectivity index (χ3v) is 4.20. The molecule has 0 radical (unpaired) electrons. The molecular weight excluding hydrogens is 431 g/mol. The second-order valence-electron chi connectivity index (χ2n) is 6.97. The third-order valence-electron chi connectivity index (χ3n) is 4.20. The Balaban J connectivity index is 0.00000576. The molecular formula is C17H33IN6O. The second kappa shape index (κ2) is 9.98. The number of halogens is 1. The summed E-state index contributed by atoms with van der Waals surface area (Å²) in [6, 6.07) is 0.182. The molecule has 0 fully saturated rings. The highest BCUT2D eigenvalue weighted by molar-refractivity contribution is 14.0. The third kappa shape index (κ3) is 6.83. The molecule has 1 heterocycles. The Morgan fingerprint density at radius 1 is 1.40 bits per heavy atom. The molecule has 0 saturated carbocycles. The van der Waals surface area contributed by atoms with Crippen LogP contribution in [0.3, 0.4) is 0 Å². The van der Waals surface area contributed by atoms with Crippen molar-refractivity contribution in [2.75, 3.05) is 13.1 Å². The van der Waals surface area contributed by atoms with Gasteiger partial charge in [-0.2, -0.15) is 5.10 Å². The van der Waals surface area contributed by atoms with Gasteiger partial charge in [-0.05, 0) is 53.5 Å². The summed E-state index contributed by atoms with van der Waals surface area (Å²) >= 11 is 0. The van der Waals surface area contributed by atoms with Gasteiger partial charge in [-0.3, -0.25) is 14.5 Å². The molecule has 7 nitrogen and oxygen atoms in total. The van der Waals surface area contributed by atoms with Crippen LogP contribution in [0.5, 0.6) is 0 Å². The molecule has 8 heteroatoms. The molecule has 1 amide bonds. The molecule has 1 atom stereocenters. The Bertz CT molecular complexity index is 609. The minimum atomic E-state index is -0.665. The van der Waals surface area contributed by atoms with E-state index in [-0.39, 0.29) is 35.9 Å². The lowest BCUT2D eigenvalue weighted by Crippen LogP contribution is -2.44. The first-order valence-corrected chi connectivity index (χ1v) is 8.42. The van der Waals surface area contributed by atoms with Gasteiger partial charge in [-0.15, -0.1) is 24.0 Å². The quantitative estimate of drug-likeness (QED) is 0.325. The Kier molecular flexibility index (Phi) is 9.45. The fourth-order valence-corrected chi connectivity index (χ4v) is 2.38. The number of hydrogen-bond donors (Lipinski definition) is 3. The molecule has 0 saturated heterocycles. The number of nitrogens with zero attached hydrogens (tertiary/aromatic N) is 3. The number of aromatic nitrogens is 2. The summed E-state index contributed by atoms with van der Waals surface area (Å²) < 4.78 is 1.91. The van der Waals surface area contributed by atoms with E-state index >= 15 is 0 Å². The summed E-state index contributed by atoms with van der Waals surface area (Å²) in [7, 11) is 1.96. The Hall–Kier alpha value is -1.32. The topological polar surface area (TPSA) is 97.3 Å². The standard InChI is InChI=1S/C17H32N6O.HI/c1-8-19-16(20-10-17(5,6)15(18)24)21-11(2)9-14-12(3)22-23(7)13(14)4;/h11H,8-10H2,1-7H3,(H2,18,24)(H2,19,20,21);1H. The van der Waals surface area contributed by atoms with E-state index in [9.17, 15) is 4.79 Å². The SMILES string of the molecule is CCNC(=NCC(C)(C)C(N)=O)NC(C)Cc1c(C)nn(C)c1C.I. The van der Waals surface area contributed by atoms with E-state index in [2.05, 4.69) is 34.6 Å². The zero-order valence-electron chi connectivity index (χ0n) is 16.4. The fraction of sp³-hybridized carbons (Fsp3) is 0.706. The molecule has 0 aliphatic carbocycles. The van der Waals surface area contributed by atoms with Crippen LogP contribution >= 0.6 is 24.0 Å². The summed E-state index contributed by atoms with van der Waals surface area (Å²) in [5.74, 6) is 0.343. The summed E-state index contributed by atoms with van der Waals surface area (Å²) in [4.78, 5) is 15.9. The number of primary amides is 1. The average Bonchev–Trinajstić information content (AvgIpc) is 2.71. The lowest BCUT2D eigenvalue weighted by molar-refractivity contribution is -0.125. The van der Waals surface area contributed by atoms with E-state index in [4.69, 9.17) is 5.73 Å². The number of nitrogens with two attached hydrogens (primary N) is 1. The molecule has 144 valence electrons. The number of carbonyl (C=O) groups excluding carboxylic acids is 1. The molecule has 25 heavy (non-hydrogen) atoms. The van der Waals surface area contributed by atoms with Crippen molar-refractivity contribution in [1.82, 2.24) is 20.4 Å². The molecule has 4 N–H and O–H groups in total. The van der Waals surface area contributed by atoms with Crippen molar-refractivity contribution in [2.24, 2.45) is 23.2 Å². The van der Waals surface area contributed by atoms with Crippen molar-refractivity contribution < 1.29 is 4.79 Å².